The summed E-state index contributed by atoms with van der Waals surface area (Å²) in [7, 11) is 0. The molecule has 0 spiro atoms. The van der Waals surface area contributed by atoms with Crippen LogP contribution in [0.1, 0.15) is 28.4 Å². The van der Waals surface area contributed by atoms with E-state index in [-0.39, 0.29) is 6.61 Å². The van der Waals surface area contributed by atoms with E-state index >= 15 is 0 Å². The summed E-state index contributed by atoms with van der Waals surface area (Å²) < 4.78 is 10.5. The zero-order valence-electron chi connectivity index (χ0n) is 13.9. The van der Waals surface area contributed by atoms with Gasteiger partial charge in [-0.15, -0.1) is 0 Å². The number of rotatable bonds is 3. The Morgan fingerprint density at radius 2 is 1.83 bits per heavy atom. The lowest BCUT2D eigenvalue weighted by molar-refractivity contribution is -0.153. The largest absolute Gasteiger partial charge is 0.462 e. The Morgan fingerprint density at radius 1 is 1.12 bits per heavy atom. The van der Waals surface area contributed by atoms with Crippen molar-refractivity contribution in [3.05, 3.63) is 59.2 Å². The first kappa shape index (κ1) is 16.1. The Kier molecular flexibility index (Phi) is 4.25. The van der Waals surface area contributed by atoms with Gasteiger partial charge in [0.25, 0.3) is 6.23 Å². The van der Waals surface area contributed by atoms with Crippen molar-refractivity contribution in [2.45, 2.75) is 27.0 Å². The third-order valence-corrected chi connectivity index (χ3v) is 4.16. The number of carbonyl (C=O) groups is 2. The molecule has 0 aromatic heterocycles. The molecule has 2 aromatic rings. The fourth-order valence-electron chi connectivity index (χ4n) is 2.82. The van der Waals surface area contributed by atoms with Gasteiger partial charge in [0.1, 0.15) is 0 Å². The van der Waals surface area contributed by atoms with Crippen LogP contribution in [0, 0.1) is 13.8 Å². The van der Waals surface area contributed by atoms with E-state index in [9.17, 15) is 9.59 Å². The molecule has 1 aliphatic rings. The number of hydrogen-bond donors (Lipinski definition) is 0. The Hall–Kier alpha value is -2.82. The van der Waals surface area contributed by atoms with Gasteiger partial charge >= 0.3 is 11.9 Å². The topological polar surface area (TPSA) is 55.8 Å². The zero-order chi connectivity index (χ0) is 17.3. The quantitative estimate of drug-likeness (QED) is 0.809. The van der Waals surface area contributed by atoms with Gasteiger partial charge in [-0.2, -0.15) is 0 Å². The van der Waals surface area contributed by atoms with E-state index in [4.69, 9.17) is 9.47 Å². The van der Waals surface area contributed by atoms with Crippen molar-refractivity contribution >= 4 is 23.3 Å². The molecule has 124 valence electrons. The lowest BCUT2D eigenvalue weighted by atomic mass is 10.0. The fourth-order valence-corrected chi connectivity index (χ4v) is 2.82. The van der Waals surface area contributed by atoms with Crippen molar-refractivity contribution in [2.24, 2.45) is 0 Å². The van der Waals surface area contributed by atoms with Crippen molar-refractivity contribution in [3.63, 3.8) is 0 Å². The first-order chi connectivity index (χ1) is 11.5. The molecule has 0 amide bonds. The average Bonchev–Trinajstić information content (AvgIpc) is 2.58. The van der Waals surface area contributed by atoms with Gasteiger partial charge in [-0.25, -0.2) is 9.59 Å². The first-order valence-electron chi connectivity index (χ1n) is 7.86. The highest BCUT2D eigenvalue weighted by Crippen LogP contribution is 2.38. The molecule has 0 fully saturated rings. The van der Waals surface area contributed by atoms with Crippen molar-refractivity contribution in [2.75, 3.05) is 11.5 Å². The molecule has 1 atom stereocenters. The molecule has 0 radical (unpaired) electrons. The van der Waals surface area contributed by atoms with Crippen LogP contribution in [0.2, 0.25) is 0 Å². The monoisotopic (exact) mass is 325 g/mol. The van der Waals surface area contributed by atoms with E-state index in [0.29, 0.717) is 11.3 Å². The number of cyclic esters (lactones) is 1. The molecule has 3 rings (SSSR count). The molecule has 0 N–H and O–H groups in total. The van der Waals surface area contributed by atoms with Crippen LogP contribution in [0.4, 0.5) is 11.4 Å². The number of ether oxygens (including phenoxy) is 2. The van der Waals surface area contributed by atoms with Gasteiger partial charge in [-0.1, -0.05) is 24.3 Å². The Labute approximate surface area is 140 Å². The van der Waals surface area contributed by atoms with Crippen LogP contribution in [-0.4, -0.2) is 24.8 Å². The summed E-state index contributed by atoms with van der Waals surface area (Å²) in [5, 5.41) is 0. The molecule has 0 bridgehead atoms. The van der Waals surface area contributed by atoms with Crippen LogP contribution in [0.25, 0.3) is 0 Å². The molecule has 24 heavy (non-hydrogen) atoms. The van der Waals surface area contributed by atoms with Gasteiger partial charge in [-0.3, -0.25) is 4.90 Å². The maximum atomic E-state index is 12.4. The van der Waals surface area contributed by atoms with Gasteiger partial charge in [0, 0.05) is 5.69 Å². The standard InChI is InChI=1S/C19H19NO4/c1-4-23-19(22)17-20(15-11-7-8-12(2)13(15)3)16-10-6-5-9-14(16)18(21)24-17/h5-11,17H,4H2,1-3H3. The summed E-state index contributed by atoms with van der Waals surface area (Å²) in [4.78, 5) is 26.4. The molecule has 0 saturated heterocycles. The zero-order valence-corrected chi connectivity index (χ0v) is 13.9. The molecule has 1 unspecified atom stereocenters. The summed E-state index contributed by atoms with van der Waals surface area (Å²) in [6, 6.07) is 12.9. The second-order valence-corrected chi connectivity index (χ2v) is 5.62. The molecule has 0 saturated carbocycles. The minimum absolute atomic E-state index is 0.217. The van der Waals surface area contributed by atoms with Crippen LogP contribution in [0.5, 0.6) is 0 Å². The van der Waals surface area contributed by atoms with E-state index in [2.05, 4.69) is 0 Å². The third-order valence-electron chi connectivity index (χ3n) is 4.16. The smallest absolute Gasteiger partial charge is 0.369 e. The van der Waals surface area contributed by atoms with Crippen molar-refractivity contribution in [1.82, 2.24) is 0 Å². The first-order valence-corrected chi connectivity index (χ1v) is 7.86. The van der Waals surface area contributed by atoms with Crippen LogP contribution in [0.3, 0.4) is 0 Å². The van der Waals surface area contributed by atoms with E-state index in [0.717, 1.165) is 16.8 Å². The molecule has 5 heteroatoms. The number of aryl methyl sites for hydroxylation is 1. The van der Waals surface area contributed by atoms with Crippen LogP contribution >= 0.6 is 0 Å². The van der Waals surface area contributed by atoms with Crippen molar-refractivity contribution in [1.29, 1.82) is 0 Å². The SMILES string of the molecule is CCOC(=O)C1OC(=O)c2ccccc2N1c1cccc(C)c1C. The third kappa shape index (κ3) is 2.62. The molecular weight excluding hydrogens is 306 g/mol. The van der Waals surface area contributed by atoms with Gasteiger partial charge in [0.15, 0.2) is 0 Å². The van der Waals surface area contributed by atoms with Gasteiger partial charge in [0.05, 0.1) is 17.9 Å². The number of anilines is 2. The van der Waals surface area contributed by atoms with Crippen LogP contribution < -0.4 is 4.90 Å². The number of nitrogens with zero attached hydrogens (tertiary/aromatic N) is 1. The number of esters is 2. The number of hydrogen-bond acceptors (Lipinski definition) is 5. The molecule has 2 aromatic carbocycles. The molecule has 0 aliphatic carbocycles. The highest BCUT2D eigenvalue weighted by Gasteiger charge is 2.39. The van der Waals surface area contributed by atoms with Crippen molar-refractivity contribution < 1.29 is 19.1 Å². The summed E-state index contributed by atoms with van der Waals surface area (Å²) in [5.41, 5.74) is 3.98. The molecule has 5 nitrogen and oxygen atoms in total. The second-order valence-electron chi connectivity index (χ2n) is 5.62. The van der Waals surface area contributed by atoms with E-state index in [1.807, 2.05) is 44.2 Å². The molecule has 1 aliphatic heterocycles. The Balaban J connectivity index is 2.19. The summed E-state index contributed by atoms with van der Waals surface area (Å²) in [6.07, 6.45) is -1.13. The van der Waals surface area contributed by atoms with Crippen LogP contribution in [0.15, 0.2) is 42.5 Å². The van der Waals surface area contributed by atoms with Crippen molar-refractivity contribution in [3.8, 4) is 0 Å². The summed E-state index contributed by atoms with van der Waals surface area (Å²) >= 11 is 0. The normalized spacial score (nSPS) is 16.4. The maximum absolute atomic E-state index is 12.4. The molecular formula is C19H19NO4. The summed E-state index contributed by atoms with van der Waals surface area (Å²) in [5.74, 6) is -1.11. The average molecular weight is 325 g/mol. The highest BCUT2D eigenvalue weighted by molar-refractivity contribution is 6.02. The number of benzene rings is 2. The lowest BCUT2D eigenvalue weighted by Gasteiger charge is -2.37. The van der Waals surface area contributed by atoms with Crippen LogP contribution in [-0.2, 0) is 14.3 Å². The predicted molar refractivity (Wildman–Crippen MR) is 90.3 cm³/mol. The minimum atomic E-state index is -1.13. The Morgan fingerprint density at radius 3 is 2.58 bits per heavy atom. The molecule has 1 heterocycles. The highest BCUT2D eigenvalue weighted by atomic mass is 16.6. The predicted octanol–water partition coefficient (Wildman–Crippen LogP) is 3.50. The number of fused-ring (bicyclic) bond motifs is 1. The van der Waals surface area contributed by atoms with E-state index in [1.54, 1.807) is 24.0 Å². The minimum Gasteiger partial charge on any atom is -0.462 e. The second kappa shape index (κ2) is 6.35. The van der Waals surface area contributed by atoms with Gasteiger partial charge in [0.2, 0.25) is 0 Å². The van der Waals surface area contributed by atoms with Gasteiger partial charge < -0.3 is 9.47 Å². The van der Waals surface area contributed by atoms with E-state index in [1.165, 1.54) is 0 Å². The number of carbonyl (C=O) groups excluding carboxylic acids is 2. The fraction of sp³-hybridized carbons (Fsp3) is 0.263. The Bertz CT molecular complexity index is 800. The van der Waals surface area contributed by atoms with Gasteiger partial charge in [-0.05, 0) is 50.1 Å². The van der Waals surface area contributed by atoms with E-state index < -0.39 is 18.2 Å². The number of para-hydroxylation sites is 1. The summed E-state index contributed by atoms with van der Waals surface area (Å²) in [6.45, 7) is 5.92. The maximum Gasteiger partial charge on any atom is 0.369 e. The lowest BCUT2D eigenvalue weighted by Crippen LogP contribution is -2.46.